The first-order chi connectivity index (χ1) is 28.0. The number of hydrogen-bond acceptors (Lipinski definition) is 18. The fourth-order valence-electron chi connectivity index (χ4n) is 6.79. The molecule has 3 unspecified atom stereocenters. The van der Waals surface area contributed by atoms with E-state index in [0.717, 1.165) is 5.56 Å². The van der Waals surface area contributed by atoms with Crippen LogP contribution in [0.4, 0.5) is 11.5 Å². The van der Waals surface area contributed by atoms with Crippen molar-refractivity contribution in [3.63, 3.8) is 0 Å². The van der Waals surface area contributed by atoms with E-state index in [9.17, 15) is 35.1 Å². The highest BCUT2D eigenvalue weighted by molar-refractivity contribution is 5.94. The number of nitrogens with zero attached hydrogens (tertiary/aromatic N) is 8. The second-order valence-electron chi connectivity index (χ2n) is 13.5. The molecule has 5 aromatic heterocycles. The summed E-state index contributed by atoms with van der Waals surface area (Å²) in [5.74, 6) is -0.617. The molecule has 0 spiro atoms. The van der Waals surface area contributed by atoms with Crippen LogP contribution in [0.25, 0.3) is 22.3 Å². The molecule has 59 heavy (non-hydrogen) atoms. The Morgan fingerprint density at radius 1 is 0.797 bits per heavy atom. The average Bonchev–Trinajstić information content (AvgIpc) is 4.01. The Kier molecular flexibility index (Phi) is 12.9. The molecule has 13 N–H and O–H groups in total. The Labute approximate surface area is 335 Å². The first-order valence-corrected chi connectivity index (χ1v) is 17.9. The first-order valence-electron chi connectivity index (χ1n) is 17.9. The highest BCUT2D eigenvalue weighted by atomic mass is 16.6. The summed E-state index contributed by atoms with van der Waals surface area (Å²) in [6.07, 6.45) is 2.98. The fraction of sp³-hybridized carbons (Fsp3) is 0.351. The van der Waals surface area contributed by atoms with Gasteiger partial charge in [-0.3, -0.25) is 23.7 Å². The van der Waals surface area contributed by atoms with E-state index >= 15 is 0 Å². The topological polar surface area (TPSA) is 343 Å². The van der Waals surface area contributed by atoms with Gasteiger partial charge < -0.3 is 62.8 Å². The monoisotopic (exact) mass is 815 g/mol. The highest BCUT2D eigenvalue weighted by Crippen LogP contribution is 2.33. The zero-order chi connectivity index (χ0) is 41.1. The van der Waals surface area contributed by atoms with Crippen molar-refractivity contribution in [1.82, 2.24) is 49.7 Å². The predicted octanol–water partition coefficient (Wildman–Crippen LogP) is -1.49. The summed E-state index contributed by atoms with van der Waals surface area (Å²) in [7, 11) is 0. The van der Waals surface area contributed by atoms with Crippen LogP contribution in [-0.2, 0) is 20.7 Å². The van der Waals surface area contributed by atoms with Crippen LogP contribution < -0.4 is 27.8 Å². The van der Waals surface area contributed by atoms with Gasteiger partial charge in [0.2, 0.25) is 5.91 Å². The third kappa shape index (κ3) is 8.59. The number of carbonyl (C=O) groups excluding carboxylic acids is 2. The number of phenols is 1. The van der Waals surface area contributed by atoms with Crippen molar-refractivity contribution < 1.29 is 44.6 Å². The second-order valence-corrected chi connectivity index (χ2v) is 13.5. The number of aliphatic hydroxyl groups is 4. The van der Waals surface area contributed by atoms with Gasteiger partial charge in [0.15, 0.2) is 29.6 Å². The van der Waals surface area contributed by atoms with Crippen molar-refractivity contribution >= 4 is 45.6 Å². The summed E-state index contributed by atoms with van der Waals surface area (Å²) >= 11 is 0. The van der Waals surface area contributed by atoms with E-state index < -0.39 is 80.0 Å². The quantitative estimate of drug-likeness (QED) is 0.0753. The van der Waals surface area contributed by atoms with Crippen LogP contribution in [0.5, 0.6) is 5.75 Å². The Morgan fingerprint density at radius 2 is 1.41 bits per heavy atom. The molecular formula is C37H45N13O9. The predicted molar refractivity (Wildman–Crippen MR) is 210 cm³/mol. The largest absolute Gasteiger partial charge is 0.508 e. The number of carbonyl (C=O) groups is 2. The summed E-state index contributed by atoms with van der Waals surface area (Å²) < 4.78 is 14.6. The maximum atomic E-state index is 12.6. The minimum Gasteiger partial charge on any atom is -0.508 e. The van der Waals surface area contributed by atoms with Gasteiger partial charge in [-0.25, -0.2) is 24.9 Å². The van der Waals surface area contributed by atoms with Gasteiger partial charge in [-0.15, -0.1) is 0 Å². The maximum Gasteiger partial charge on any atom is 0.253 e. The number of nitrogen functional groups attached to an aromatic ring is 2. The minimum atomic E-state index is -1.19. The number of nitrogens with two attached hydrogens (primary N) is 3. The maximum absolute atomic E-state index is 12.6. The van der Waals surface area contributed by atoms with Gasteiger partial charge in [0.25, 0.3) is 5.91 Å². The van der Waals surface area contributed by atoms with E-state index in [1.165, 1.54) is 52.6 Å². The van der Waals surface area contributed by atoms with Crippen LogP contribution in [0.1, 0.15) is 35.8 Å². The smallest absolute Gasteiger partial charge is 0.253 e. The summed E-state index contributed by atoms with van der Waals surface area (Å²) in [5.41, 5.74) is 20.9. The molecule has 8 rings (SSSR count). The molecule has 2 aliphatic heterocycles. The Hall–Kier alpha value is -6.40. The molecule has 0 saturated carbocycles. The Morgan fingerprint density at radius 3 is 2.02 bits per heavy atom. The van der Waals surface area contributed by atoms with E-state index in [1.54, 1.807) is 36.5 Å². The lowest BCUT2D eigenvalue weighted by atomic mass is 10.0. The minimum absolute atomic E-state index is 0. The number of aromatic nitrogens is 8. The van der Waals surface area contributed by atoms with Gasteiger partial charge in [-0.2, -0.15) is 0 Å². The standard InChI is InChI=1S/C20H24N6O5.C16H17N7O4.CH4/c21-12-5-6-23-18-15(12)24-9-26(18)20-17(29)16(14(8-27)31-20)25-19(30)13(22)7-10-1-3-11(28)4-2-10;17-13-11-14(20-6-19-13)23(7-21-11)16-12(25)10(9(5-24)27-16)22-15(26)8-2-1-3-18-4-8;/h1-6,9,13-14,16-17,20,27-29H,7-8,22H2,(H2,21,23)(H,25,30);1-4,6-7,9-10,12,16,24-25H,5H2,(H,22,26)(H2,17,19,20);1H4/t13?,14-,16?,17+,20-;9-,10?,12+,16-;/m11./s1. The number of fused-ring (bicyclic) bond motifs is 2. The number of benzene rings is 1. The summed E-state index contributed by atoms with van der Waals surface area (Å²) in [5, 5.41) is 55.8. The molecule has 22 heteroatoms. The number of hydrogen-bond donors (Lipinski definition) is 10. The van der Waals surface area contributed by atoms with E-state index in [4.69, 9.17) is 26.7 Å². The fourth-order valence-corrected chi connectivity index (χ4v) is 6.79. The summed E-state index contributed by atoms with van der Waals surface area (Å²) in [4.78, 5) is 49.5. The molecule has 9 atom stereocenters. The molecule has 312 valence electrons. The number of rotatable bonds is 10. The van der Waals surface area contributed by atoms with Gasteiger partial charge in [-0.1, -0.05) is 19.6 Å². The molecule has 0 bridgehead atoms. The number of aromatic hydroxyl groups is 1. The van der Waals surface area contributed by atoms with Crippen molar-refractivity contribution in [1.29, 1.82) is 0 Å². The van der Waals surface area contributed by atoms with Gasteiger partial charge >= 0.3 is 0 Å². The van der Waals surface area contributed by atoms with Gasteiger partial charge in [0.1, 0.15) is 47.5 Å². The molecule has 2 fully saturated rings. The highest BCUT2D eigenvalue weighted by Gasteiger charge is 2.47. The molecule has 2 amide bonds. The van der Waals surface area contributed by atoms with Gasteiger partial charge in [0, 0.05) is 18.6 Å². The van der Waals surface area contributed by atoms with E-state index in [2.05, 4.69) is 40.5 Å². The summed E-state index contributed by atoms with van der Waals surface area (Å²) in [6, 6.07) is 8.57. The van der Waals surface area contributed by atoms with Crippen LogP contribution in [0.2, 0.25) is 0 Å². The second kappa shape index (κ2) is 18.0. The SMILES string of the molecule is C.Nc1ccnc2c1ncn2[C@@H]1O[C@H](CO)C(NC(=O)C(N)Cc2ccc(O)cc2)[C@@H]1O.Nc1ncnc2c1ncn2[C@@H]1O[C@H](CO)C(NC(=O)c2cccnc2)[C@@H]1O. The van der Waals surface area contributed by atoms with Gasteiger partial charge in [0.05, 0.1) is 55.2 Å². The average molecular weight is 816 g/mol. The van der Waals surface area contributed by atoms with Crippen LogP contribution in [0, 0.1) is 0 Å². The molecule has 7 heterocycles. The molecule has 2 aliphatic rings. The number of ether oxygens (including phenoxy) is 2. The Bertz CT molecular complexity index is 2360. The summed E-state index contributed by atoms with van der Waals surface area (Å²) in [6.45, 7) is -0.816. The zero-order valence-corrected chi connectivity index (χ0v) is 30.5. The number of phenolic OH excluding ortho intramolecular Hbond substituents is 1. The molecule has 0 radical (unpaired) electrons. The molecule has 6 aromatic rings. The van der Waals surface area contributed by atoms with Crippen molar-refractivity contribution in [3.8, 4) is 5.75 Å². The van der Waals surface area contributed by atoms with Crippen molar-refractivity contribution in [3.05, 3.63) is 91.2 Å². The lowest BCUT2D eigenvalue weighted by molar-refractivity contribution is -0.124. The van der Waals surface area contributed by atoms with E-state index in [0.29, 0.717) is 33.6 Å². The van der Waals surface area contributed by atoms with E-state index in [1.807, 2.05) is 0 Å². The van der Waals surface area contributed by atoms with Crippen molar-refractivity contribution in [2.24, 2.45) is 5.73 Å². The lowest BCUT2D eigenvalue weighted by Gasteiger charge is -2.23. The Balaban J connectivity index is 0.000000197. The number of anilines is 2. The van der Waals surface area contributed by atoms with Crippen LogP contribution in [-0.4, -0.2) is 132 Å². The number of imidazole rings is 2. The van der Waals surface area contributed by atoms with Crippen LogP contribution in [0.15, 0.2) is 80.0 Å². The van der Waals surface area contributed by atoms with Crippen molar-refractivity contribution in [2.75, 3.05) is 24.7 Å². The normalized spacial score (nSPS) is 24.2. The number of aliphatic hydroxyl groups excluding tert-OH is 4. The first kappa shape index (κ1) is 42.2. The molecular weight excluding hydrogens is 770 g/mol. The van der Waals surface area contributed by atoms with Crippen LogP contribution in [0.3, 0.4) is 0 Å². The lowest BCUT2D eigenvalue weighted by Crippen LogP contribution is -2.53. The third-order valence-electron chi connectivity index (χ3n) is 9.80. The number of pyridine rings is 2. The molecule has 0 aliphatic carbocycles. The molecule has 1 aromatic carbocycles. The van der Waals surface area contributed by atoms with Crippen molar-refractivity contribution in [2.45, 2.75) is 68.8 Å². The van der Waals surface area contributed by atoms with Gasteiger partial charge in [-0.05, 0) is 42.3 Å². The zero-order valence-electron chi connectivity index (χ0n) is 30.5. The molecule has 2 saturated heterocycles. The van der Waals surface area contributed by atoms with E-state index in [-0.39, 0.29) is 25.4 Å². The van der Waals surface area contributed by atoms with Crippen LogP contribution >= 0.6 is 0 Å². The third-order valence-corrected chi connectivity index (χ3v) is 9.80. The molecule has 22 nitrogen and oxygen atoms in total. The number of amides is 2. The number of nitrogens with one attached hydrogen (secondary N) is 2.